The van der Waals surface area contributed by atoms with Crippen LogP contribution in [-0.4, -0.2) is 40.3 Å². The van der Waals surface area contributed by atoms with E-state index in [1.807, 2.05) is 0 Å². The Morgan fingerprint density at radius 3 is 1.58 bits per heavy atom. The van der Waals surface area contributed by atoms with Gasteiger partial charge in [-0.2, -0.15) is 0 Å². The fourth-order valence-electron chi connectivity index (χ4n) is 0.509. The first-order valence-corrected chi connectivity index (χ1v) is 7.20. The second-order valence-electron chi connectivity index (χ2n) is 2.63. The van der Waals surface area contributed by atoms with Crippen molar-refractivity contribution >= 4 is 21.6 Å². The van der Waals surface area contributed by atoms with Gasteiger partial charge in [-0.05, 0) is 12.1 Å². The largest absolute Gasteiger partial charge is 0.466 e. The van der Waals surface area contributed by atoms with Crippen molar-refractivity contribution in [2.24, 2.45) is 5.73 Å². The highest BCUT2D eigenvalue weighted by molar-refractivity contribution is 7.45. The van der Waals surface area contributed by atoms with Crippen molar-refractivity contribution in [1.82, 2.24) is 4.98 Å². The van der Waals surface area contributed by atoms with Crippen LogP contribution in [0.1, 0.15) is 10.4 Å². The number of nitrogens with two attached hydrogens (primary N) is 1. The van der Waals surface area contributed by atoms with E-state index < -0.39 is 21.6 Å². The molecule has 1 amide bonds. The summed E-state index contributed by atoms with van der Waals surface area (Å²) >= 11 is 0. The summed E-state index contributed by atoms with van der Waals surface area (Å²) in [6.07, 6.45) is 3.02. The molecular formula is C6H12N2O9P2. The van der Waals surface area contributed by atoms with Crippen LogP contribution in [0, 0.1) is 0 Å². The molecule has 0 bridgehead atoms. The van der Waals surface area contributed by atoms with Crippen LogP contribution in [0.15, 0.2) is 24.5 Å². The maximum Gasteiger partial charge on any atom is 0.466 e. The highest BCUT2D eigenvalue weighted by atomic mass is 31.2. The number of hydrogen-bond acceptors (Lipinski definition) is 4. The monoisotopic (exact) mass is 318 g/mol. The molecule has 19 heavy (non-hydrogen) atoms. The first kappa shape index (κ1) is 20.2. The van der Waals surface area contributed by atoms with E-state index in [9.17, 15) is 4.79 Å². The van der Waals surface area contributed by atoms with Crippen molar-refractivity contribution in [1.29, 1.82) is 0 Å². The first-order valence-electron chi connectivity index (χ1n) is 4.07. The van der Waals surface area contributed by atoms with Gasteiger partial charge in [0.25, 0.3) is 0 Å². The number of hydrogen-bond donors (Lipinski definition) is 7. The molecule has 8 N–H and O–H groups in total. The fraction of sp³-hybridized carbons (Fsp3) is 0. The van der Waals surface area contributed by atoms with Crippen molar-refractivity contribution in [3.05, 3.63) is 30.1 Å². The van der Waals surface area contributed by atoms with Crippen LogP contribution in [0.3, 0.4) is 0 Å². The smallest absolute Gasteiger partial charge is 0.366 e. The van der Waals surface area contributed by atoms with Crippen LogP contribution in [-0.2, 0) is 9.13 Å². The Kier molecular flexibility index (Phi) is 9.40. The second kappa shape index (κ2) is 8.86. The first-order chi connectivity index (χ1) is 8.30. The van der Waals surface area contributed by atoms with Gasteiger partial charge >= 0.3 is 15.6 Å². The maximum atomic E-state index is 10.4. The minimum Gasteiger partial charge on any atom is -0.366 e. The standard InChI is InChI=1S/C6H6N2O.2H3O4P/c7-6(9)5-2-1-3-8-4-5;2*1-5(2,3)4/h1-4H,(H2,7,9);2*(H3,1,2,3,4). The number of amides is 1. The number of pyridine rings is 1. The van der Waals surface area contributed by atoms with E-state index in [4.69, 9.17) is 44.2 Å². The minimum absolute atomic E-state index is 0.442. The lowest BCUT2D eigenvalue weighted by Crippen LogP contribution is -2.10. The summed E-state index contributed by atoms with van der Waals surface area (Å²) in [5.74, 6) is -0.442. The third-order valence-electron chi connectivity index (χ3n) is 0.946. The van der Waals surface area contributed by atoms with Gasteiger partial charge in [0.1, 0.15) is 0 Å². The molecule has 1 rings (SSSR count). The third kappa shape index (κ3) is 31.6. The summed E-state index contributed by atoms with van der Waals surface area (Å²) in [4.78, 5) is 57.2. The van der Waals surface area contributed by atoms with Crippen LogP contribution in [0.25, 0.3) is 0 Å². The van der Waals surface area contributed by atoms with Crippen LogP contribution in [0.2, 0.25) is 0 Å². The predicted molar refractivity (Wildman–Crippen MR) is 61.3 cm³/mol. The van der Waals surface area contributed by atoms with Crippen molar-refractivity contribution in [2.75, 3.05) is 0 Å². The number of rotatable bonds is 1. The van der Waals surface area contributed by atoms with E-state index in [1.54, 1.807) is 18.3 Å². The number of primary amides is 1. The Morgan fingerprint density at radius 1 is 1.05 bits per heavy atom. The van der Waals surface area contributed by atoms with Crippen LogP contribution in [0.5, 0.6) is 0 Å². The van der Waals surface area contributed by atoms with E-state index in [1.165, 1.54) is 6.20 Å². The van der Waals surface area contributed by atoms with Crippen LogP contribution in [0.4, 0.5) is 0 Å². The van der Waals surface area contributed by atoms with Gasteiger partial charge in [-0.1, -0.05) is 0 Å². The summed E-state index contributed by atoms with van der Waals surface area (Å²) in [5.41, 5.74) is 5.38. The van der Waals surface area contributed by atoms with Gasteiger partial charge in [0.2, 0.25) is 5.91 Å². The van der Waals surface area contributed by atoms with E-state index in [2.05, 4.69) is 4.98 Å². The Labute approximate surface area is 106 Å². The summed E-state index contributed by atoms with van der Waals surface area (Å²) in [5, 5.41) is 0. The van der Waals surface area contributed by atoms with E-state index in [0.717, 1.165) is 0 Å². The highest BCUT2D eigenvalue weighted by Gasteiger charge is 2.00. The molecule has 0 aliphatic heterocycles. The normalized spacial score (nSPS) is 10.4. The van der Waals surface area contributed by atoms with Crippen molar-refractivity contribution in [3.8, 4) is 0 Å². The molecule has 1 aromatic heterocycles. The molecule has 0 aliphatic carbocycles. The average molecular weight is 318 g/mol. The van der Waals surface area contributed by atoms with Gasteiger partial charge in [0.05, 0.1) is 5.56 Å². The number of aromatic nitrogens is 1. The Morgan fingerprint density at radius 2 is 1.42 bits per heavy atom. The van der Waals surface area contributed by atoms with Gasteiger partial charge in [-0.3, -0.25) is 9.78 Å². The molecule has 0 aromatic carbocycles. The minimum atomic E-state index is -4.64. The molecule has 0 unspecified atom stereocenters. The Bertz CT molecular complexity index is 430. The topological polar surface area (TPSA) is 211 Å². The molecule has 0 spiro atoms. The molecule has 1 heterocycles. The molecule has 110 valence electrons. The molecule has 0 radical (unpaired) electrons. The predicted octanol–water partition coefficient (Wildman–Crippen LogP) is -1.68. The lowest BCUT2D eigenvalue weighted by atomic mass is 10.3. The second-order valence-corrected chi connectivity index (χ2v) is 4.69. The zero-order valence-electron chi connectivity index (χ0n) is 9.14. The molecule has 1 aromatic rings. The fourth-order valence-corrected chi connectivity index (χ4v) is 0.509. The third-order valence-corrected chi connectivity index (χ3v) is 0.946. The Balaban J connectivity index is 0. The molecular weight excluding hydrogens is 306 g/mol. The van der Waals surface area contributed by atoms with Gasteiger partial charge in [-0.15, -0.1) is 0 Å². The lowest BCUT2D eigenvalue weighted by Gasteiger charge is -1.88. The maximum absolute atomic E-state index is 10.4. The summed E-state index contributed by atoms with van der Waals surface area (Å²) in [6, 6.07) is 3.29. The molecule has 11 nitrogen and oxygen atoms in total. The number of carbonyl (C=O) groups excluding carboxylic acids is 1. The highest BCUT2D eigenvalue weighted by Crippen LogP contribution is 2.26. The zero-order valence-corrected chi connectivity index (χ0v) is 10.9. The molecule has 0 aliphatic rings. The van der Waals surface area contributed by atoms with E-state index in [-0.39, 0.29) is 0 Å². The van der Waals surface area contributed by atoms with Crippen molar-refractivity contribution in [3.63, 3.8) is 0 Å². The SMILES string of the molecule is NC(=O)c1cccnc1.O=P(O)(O)O.O=P(O)(O)O. The zero-order chi connectivity index (χ0) is 15.7. The van der Waals surface area contributed by atoms with Gasteiger partial charge in [-0.25, -0.2) is 9.13 Å². The van der Waals surface area contributed by atoms with E-state index >= 15 is 0 Å². The molecule has 13 heteroatoms. The van der Waals surface area contributed by atoms with Crippen LogP contribution >= 0.6 is 15.6 Å². The van der Waals surface area contributed by atoms with Gasteiger partial charge in [0, 0.05) is 12.4 Å². The molecule has 0 fully saturated rings. The Hall–Kier alpha value is -1.16. The summed E-state index contributed by atoms with van der Waals surface area (Å²) in [6.45, 7) is 0. The van der Waals surface area contributed by atoms with Crippen LogP contribution < -0.4 is 5.73 Å². The van der Waals surface area contributed by atoms with Gasteiger partial charge in [0.15, 0.2) is 0 Å². The molecule has 0 atom stereocenters. The average Bonchev–Trinajstić information content (AvgIpc) is 2.13. The van der Waals surface area contributed by atoms with Gasteiger partial charge < -0.3 is 35.1 Å². The van der Waals surface area contributed by atoms with Crippen molar-refractivity contribution < 1.29 is 43.3 Å². The molecule has 0 saturated carbocycles. The lowest BCUT2D eigenvalue weighted by molar-refractivity contribution is 0.0999. The van der Waals surface area contributed by atoms with Crippen molar-refractivity contribution in [2.45, 2.75) is 0 Å². The number of carbonyl (C=O) groups is 1. The summed E-state index contributed by atoms with van der Waals surface area (Å²) in [7, 11) is -9.28. The van der Waals surface area contributed by atoms with E-state index in [0.29, 0.717) is 5.56 Å². The number of phosphoric acid groups is 2. The number of nitrogens with zero attached hydrogens (tertiary/aromatic N) is 1. The summed E-state index contributed by atoms with van der Waals surface area (Å²) < 4.78 is 17.8. The molecule has 0 saturated heterocycles. The quantitative estimate of drug-likeness (QED) is 0.292.